The zero-order chi connectivity index (χ0) is 15.6. The molecule has 0 N–H and O–H groups in total. The van der Waals surface area contributed by atoms with Crippen LogP contribution in [0.15, 0.2) is 36.4 Å². The van der Waals surface area contributed by atoms with Crippen molar-refractivity contribution in [2.24, 2.45) is 41.4 Å². The summed E-state index contributed by atoms with van der Waals surface area (Å²) in [5.74, 6) is 6.35. The van der Waals surface area contributed by atoms with E-state index in [4.69, 9.17) is 4.74 Å². The summed E-state index contributed by atoms with van der Waals surface area (Å²) in [4.78, 5) is 12.3. The van der Waals surface area contributed by atoms with Crippen LogP contribution in [0.5, 0.6) is 5.75 Å². The van der Waals surface area contributed by atoms with Crippen molar-refractivity contribution >= 4 is 5.97 Å². The van der Waals surface area contributed by atoms with Gasteiger partial charge in [0.1, 0.15) is 5.75 Å². The standard InChI is InChI=1S/C21H24O2/c1-12-2-6-17(7-3-12)23-19(22)11-15-9-16-10-18(15)21-14-5-4-13(8-14)20(16)21/h2-7,13-16,18,20-21H,8-11H2,1H3. The molecule has 4 bridgehead atoms. The Bertz CT molecular complexity index is 659. The highest BCUT2D eigenvalue weighted by molar-refractivity contribution is 5.72. The molecule has 1 aromatic carbocycles. The summed E-state index contributed by atoms with van der Waals surface area (Å²) in [6, 6.07) is 7.77. The number of aryl methyl sites for hydroxylation is 1. The van der Waals surface area contributed by atoms with Crippen LogP contribution in [0, 0.1) is 48.3 Å². The lowest BCUT2D eigenvalue weighted by Gasteiger charge is -2.36. The third kappa shape index (κ3) is 2.10. The maximum absolute atomic E-state index is 12.3. The van der Waals surface area contributed by atoms with Gasteiger partial charge in [-0.2, -0.15) is 0 Å². The Balaban J connectivity index is 1.25. The second-order valence-electron chi connectivity index (χ2n) is 8.25. The SMILES string of the molecule is Cc1ccc(OC(=O)CC2CC3CC2C2C4C=CC(C4)C32)cc1. The fourth-order valence-electron chi connectivity index (χ4n) is 6.38. The van der Waals surface area contributed by atoms with Gasteiger partial charge in [-0.1, -0.05) is 29.8 Å². The molecule has 4 aliphatic rings. The molecule has 5 rings (SSSR count). The van der Waals surface area contributed by atoms with Crippen LogP contribution >= 0.6 is 0 Å². The lowest BCUT2D eigenvalue weighted by atomic mass is 9.69. The van der Waals surface area contributed by atoms with E-state index in [0.717, 1.165) is 35.5 Å². The number of rotatable bonds is 3. The Morgan fingerprint density at radius 2 is 1.78 bits per heavy atom. The average Bonchev–Trinajstić information content (AvgIpc) is 3.27. The van der Waals surface area contributed by atoms with Gasteiger partial charge in [-0.3, -0.25) is 4.79 Å². The van der Waals surface area contributed by atoms with Crippen molar-refractivity contribution in [2.45, 2.75) is 32.6 Å². The number of hydrogen-bond acceptors (Lipinski definition) is 2. The summed E-state index contributed by atoms with van der Waals surface area (Å²) in [6.45, 7) is 2.04. The van der Waals surface area contributed by atoms with Gasteiger partial charge in [-0.25, -0.2) is 0 Å². The minimum atomic E-state index is -0.0401. The monoisotopic (exact) mass is 308 g/mol. The second-order valence-corrected chi connectivity index (χ2v) is 8.25. The number of carbonyl (C=O) groups is 1. The molecule has 0 radical (unpaired) electrons. The Labute approximate surface area is 137 Å². The number of hydrogen-bond donors (Lipinski definition) is 0. The lowest BCUT2D eigenvalue weighted by Crippen LogP contribution is -2.32. The molecule has 2 nitrogen and oxygen atoms in total. The predicted molar refractivity (Wildman–Crippen MR) is 88.9 cm³/mol. The normalized spacial score (nSPS) is 42.2. The average molecular weight is 308 g/mol. The van der Waals surface area contributed by atoms with E-state index in [1.807, 2.05) is 31.2 Å². The smallest absolute Gasteiger partial charge is 0.311 e. The molecule has 0 saturated heterocycles. The fraction of sp³-hybridized carbons (Fsp3) is 0.571. The minimum Gasteiger partial charge on any atom is -0.427 e. The van der Waals surface area contributed by atoms with E-state index >= 15 is 0 Å². The van der Waals surface area contributed by atoms with Crippen LogP contribution in [-0.4, -0.2) is 5.97 Å². The van der Waals surface area contributed by atoms with E-state index in [-0.39, 0.29) is 5.97 Å². The summed E-state index contributed by atoms with van der Waals surface area (Å²) >= 11 is 0. The molecule has 0 amide bonds. The first-order valence-corrected chi connectivity index (χ1v) is 9.15. The van der Waals surface area contributed by atoms with Crippen molar-refractivity contribution in [1.29, 1.82) is 0 Å². The van der Waals surface area contributed by atoms with Gasteiger partial charge < -0.3 is 4.74 Å². The molecule has 4 aliphatic carbocycles. The number of allylic oxidation sites excluding steroid dienone is 2. The van der Waals surface area contributed by atoms with Crippen LogP contribution in [0.4, 0.5) is 0 Å². The molecule has 0 aliphatic heterocycles. The number of carbonyl (C=O) groups excluding carboxylic acids is 1. The van der Waals surface area contributed by atoms with Crippen molar-refractivity contribution in [3.63, 3.8) is 0 Å². The van der Waals surface area contributed by atoms with E-state index < -0.39 is 0 Å². The van der Waals surface area contributed by atoms with E-state index in [1.54, 1.807) is 0 Å². The van der Waals surface area contributed by atoms with Gasteiger partial charge in [0.25, 0.3) is 0 Å². The third-order valence-corrected chi connectivity index (χ3v) is 7.09. The minimum absolute atomic E-state index is 0.0401. The van der Waals surface area contributed by atoms with Gasteiger partial charge in [-0.15, -0.1) is 0 Å². The first-order valence-electron chi connectivity index (χ1n) is 9.15. The molecule has 7 unspecified atom stereocenters. The summed E-state index contributed by atoms with van der Waals surface area (Å²) in [5, 5.41) is 0. The highest BCUT2D eigenvalue weighted by atomic mass is 16.5. The van der Waals surface area contributed by atoms with Crippen LogP contribution in [0.1, 0.15) is 31.2 Å². The second kappa shape index (κ2) is 4.96. The van der Waals surface area contributed by atoms with Crippen LogP contribution in [0.25, 0.3) is 0 Å². The summed E-state index contributed by atoms with van der Waals surface area (Å²) in [5.41, 5.74) is 1.19. The van der Waals surface area contributed by atoms with E-state index in [9.17, 15) is 4.79 Å². The summed E-state index contributed by atoms with van der Waals surface area (Å²) in [6.07, 6.45) is 9.57. The Morgan fingerprint density at radius 1 is 1.04 bits per heavy atom. The van der Waals surface area contributed by atoms with Crippen molar-refractivity contribution in [2.75, 3.05) is 0 Å². The number of ether oxygens (including phenoxy) is 1. The zero-order valence-corrected chi connectivity index (χ0v) is 13.7. The number of fused-ring (bicyclic) bond motifs is 9. The molecule has 0 heterocycles. The van der Waals surface area contributed by atoms with Crippen LogP contribution in [0.2, 0.25) is 0 Å². The Hall–Kier alpha value is -1.57. The molecule has 7 atom stereocenters. The first kappa shape index (κ1) is 13.8. The van der Waals surface area contributed by atoms with Crippen LogP contribution < -0.4 is 4.74 Å². The number of benzene rings is 1. The van der Waals surface area contributed by atoms with Gasteiger partial charge >= 0.3 is 5.97 Å². The topological polar surface area (TPSA) is 26.3 Å². The molecular weight excluding hydrogens is 284 g/mol. The maximum Gasteiger partial charge on any atom is 0.311 e. The molecule has 23 heavy (non-hydrogen) atoms. The van der Waals surface area contributed by atoms with E-state index in [0.29, 0.717) is 18.1 Å². The van der Waals surface area contributed by atoms with Gasteiger partial charge in [0.05, 0.1) is 0 Å². The lowest BCUT2D eigenvalue weighted by molar-refractivity contribution is -0.136. The highest BCUT2D eigenvalue weighted by Gasteiger charge is 2.60. The van der Waals surface area contributed by atoms with Crippen LogP contribution in [-0.2, 0) is 4.79 Å². The first-order chi connectivity index (χ1) is 11.2. The van der Waals surface area contributed by atoms with Crippen molar-refractivity contribution in [1.82, 2.24) is 0 Å². The third-order valence-electron chi connectivity index (χ3n) is 7.09. The molecular formula is C21H24O2. The molecule has 2 heteroatoms. The Morgan fingerprint density at radius 3 is 2.57 bits per heavy atom. The number of esters is 1. The molecule has 0 spiro atoms. The van der Waals surface area contributed by atoms with Crippen molar-refractivity contribution in [3.8, 4) is 5.75 Å². The quantitative estimate of drug-likeness (QED) is 0.358. The maximum atomic E-state index is 12.3. The molecule has 0 aromatic heterocycles. The zero-order valence-electron chi connectivity index (χ0n) is 13.7. The fourth-order valence-corrected chi connectivity index (χ4v) is 6.38. The van der Waals surface area contributed by atoms with Crippen molar-refractivity contribution < 1.29 is 9.53 Å². The highest BCUT2D eigenvalue weighted by Crippen LogP contribution is 2.67. The Kier molecular flexibility index (Phi) is 2.98. The van der Waals surface area contributed by atoms with E-state index in [2.05, 4.69) is 12.2 Å². The molecule has 3 fully saturated rings. The van der Waals surface area contributed by atoms with Crippen molar-refractivity contribution in [3.05, 3.63) is 42.0 Å². The van der Waals surface area contributed by atoms with Gasteiger partial charge in [0.15, 0.2) is 0 Å². The molecule has 1 aromatic rings. The predicted octanol–water partition coefficient (Wildman–Crippen LogP) is 4.38. The van der Waals surface area contributed by atoms with Gasteiger partial charge in [0, 0.05) is 6.42 Å². The van der Waals surface area contributed by atoms with Crippen LogP contribution in [0.3, 0.4) is 0 Å². The largest absolute Gasteiger partial charge is 0.427 e. The van der Waals surface area contributed by atoms with E-state index in [1.165, 1.54) is 24.8 Å². The molecule has 3 saturated carbocycles. The molecule has 120 valence electrons. The van der Waals surface area contributed by atoms with Gasteiger partial charge in [0.2, 0.25) is 0 Å². The summed E-state index contributed by atoms with van der Waals surface area (Å²) in [7, 11) is 0. The van der Waals surface area contributed by atoms with Gasteiger partial charge in [-0.05, 0) is 79.7 Å². The summed E-state index contributed by atoms with van der Waals surface area (Å²) < 4.78 is 5.56.